The van der Waals surface area contributed by atoms with Gasteiger partial charge in [0.05, 0.1) is 12.0 Å². The van der Waals surface area contributed by atoms with Crippen LogP contribution in [0.4, 0.5) is 0 Å². The molecule has 0 aliphatic rings. The Hall–Kier alpha value is -0.830. The van der Waals surface area contributed by atoms with Crippen LogP contribution in [0.25, 0.3) is 0 Å². The first-order chi connectivity index (χ1) is 6.27. The van der Waals surface area contributed by atoms with Crippen molar-refractivity contribution < 1.29 is 0 Å². The third-order valence-corrected chi connectivity index (χ3v) is 2.38. The molecule has 0 aliphatic carbocycles. The van der Waals surface area contributed by atoms with Gasteiger partial charge in [0, 0.05) is 25.3 Å². The van der Waals surface area contributed by atoms with E-state index < -0.39 is 0 Å². The Bertz CT molecular complexity index is 242. The molecular weight excluding hydrogens is 162 g/mol. The van der Waals surface area contributed by atoms with Crippen LogP contribution in [0.2, 0.25) is 0 Å². The minimum atomic E-state index is 0.584. The fourth-order valence-corrected chi connectivity index (χ4v) is 1.20. The second-order valence-corrected chi connectivity index (χ2v) is 3.36. The van der Waals surface area contributed by atoms with Crippen LogP contribution >= 0.6 is 0 Å². The van der Waals surface area contributed by atoms with E-state index in [-0.39, 0.29) is 0 Å². The normalized spacial score (nSPS) is 13.2. The smallest absolute Gasteiger partial charge is 0.0948 e. The van der Waals surface area contributed by atoms with E-state index in [1.54, 1.807) is 0 Å². The highest BCUT2D eigenvalue weighted by molar-refractivity contribution is 4.97. The molecule has 0 aliphatic heterocycles. The SMILES string of the molecule is CCC(C)NCc1cncn1CC. The van der Waals surface area contributed by atoms with Crippen molar-refractivity contribution in [1.82, 2.24) is 14.9 Å². The Kier molecular flexibility index (Phi) is 3.96. The third kappa shape index (κ3) is 2.84. The lowest BCUT2D eigenvalue weighted by Crippen LogP contribution is -2.25. The molecule has 0 amide bonds. The molecule has 3 heteroatoms. The summed E-state index contributed by atoms with van der Waals surface area (Å²) in [4.78, 5) is 4.12. The average molecular weight is 181 g/mol. The van der Waals surface area contributed by atoms with Crippen LogP contribution in [-0.4, -0.2) is 15.6 Å². The third-order valence-electron chi connectivity index (χ3n) is 2.38. The second-order valence-electron chi connectivity index (χ2n) is 3.36. The maximum atomic E-state index is 4.12. The number of hydrogen-bond acceptors (Lipinski definition) is 2. The summed E-state index contributed by atoms with van der Waals surface area (Å²) < 4.78 is 2.16. The van der Waals surface area contributed by atoms with Crippen molar-refractivity contribution >= 4 is 0 Å². The van der Waals surface area contributed by atoms with Gasteiger partial charge in [-0.1, -0.05) is 6.92 Å². The van der Waals surface area contributed by atoms with Gasteiger partial charge in [0.15, 0.2) is 0 Å². The van der Waals surface area contributed by atoms with Gasteiger partial charge in [-0.3, -0.25) is 0 Å². The van der Waals surface area contributed by atoms with Crippen molar-refractivity contribution in [2.24, 2.45) is 0 Å². The Morgan fingerprint density at radius 1 is 1.54 bits per heavy atom. The maximum Gasteiger partial charge on any atom is 0.0948 e. The largest absolute Gasteiger partial charge is 0.334 e. The first-order valence-corrected chi connectivity index (χ1v) is 5.00. The van der Waals surface area contributed by atoms with E-state index >= 15 is 0 Å². The molecule has 1 aromatic rings. The minimum Gasteiger partial charge on any atom is -0.334 e. The number of imidazole rings is 1. The average Bonchev–Trinajstić information content (AvgIpc) is 2.61. The number of aromatic nitrogens is 2. The minimum absolute atomic E-state index is 0.584. The van der Waals surface area contributed by atoms with Gasteiger partial charge >= 0.3 is 0 Å². The van der Waals surface area contributed by atoms with E-state index in [4.69, 9.17) is 0 Å². The van der Waals surface area contributed by atoms with Gasteiger partial charge < -0.3 is 9.88 Å². The van der Waals surface area contributed by atoms with Crippen molar-refractivity contribution in [2.75, 3.05) is 0 Å². The van der Waals surface area contributed by atoms with Crippen molar-refractivity contribution in [3.63, 3.8) is 0 Å². The van der Waals surface area contributed by atoms with E-state index in [1.165, 1.54) is 12.1 Å². The summed E-state index contributed by atoms with van der Waals surface area (Å²) in [7, 11) is 0. The lowest BCUT2D eigenvalue weighted by atomic mass is 10.2. The second kappa shape index (κ2) is 5.02. The fraction of sp³-hybridized carbons (Fsp3) is 0.700. The molecule has 74 valence electrons. The molecule has 0 saturated carbocycles. The van der Waals surface area contributed by atoms with Crippen LogP contribution in [0.3, 0.4) is 0 Å². The number of nitrogens with one attached hydrogen (secondary N) is 1. The molecule has 0 fully saturated rings. The molecule has 1 aromatic heterocycles. The van der Waals surface area contributed by atoms with Gasteiger partial charge in [0.25, 0.3) is 0 Å². The lowest BCUT2D eigenvalue weighted by Gasteiger charge is -2.11. The Morgan fingerprint density at radius 3 is 2.92 bits per heavy atom. The van der Waals surface area contributed by atoms with E-state index in [2.05, 4.69) is 35.6 Å². The van der Waals surface area contributed by atoms with Gasteiger partial charge in [-0.15, -0.1) is 0 Å². The molecule has 0 aromatic carbocycles. The highest BCUT2D eigenvalue weighted by atomic mass is 15.1. The lowest BCUT2D eigenvalue weighted by molar-refractivity contribution is 0.517. The van der Waals surface area contributed by atoms with Crippen LogP contribution in [0.1, 0.15) is 32.9 Å². The van der Waals surface area contributed by atoms with Crippen molar-refractivity contribution in [3.8, 4) is 0 Å². The summed E-state index contributed by atoms with van der Waals surface area (Å²) in [6.45, 7) is 8.44. The van der Waals surface area contributed by atoms with Crippen LogP contribution in [-0.2, 0) is 13.1 Å². The predicted octanol–water partition coefficient (Wildman–Crippen LogP) is 1.79. The van der Waals surface area contributed by atoms with Gasteiger partial charge in [-0.05, 0) is 20.3 Å². The van der Waals surface area contributed by atoms with Crippen LogP contribution < -0.4 is 5.32 Å². The Morgan fingerprint density at radius 2 is 2.31 bits per heavy atom. The molecule has 0 saturated heterocycles. The van der Waals surface area contributed by atoms with Crippen molar-refractivity contribution in [2.45, 2.75) is 46.3 Å². The van der Waals surface area contributed by atoms with Crippen molar-refractivity contribution in [3.05, 3.63) is 18.2 Å². The summed E-state index contributed by atoms with van der Waals surface area (Å²) >= 11 is 0. The summed E-state index contributed by atoms with van der Waals surface area (Å²) in [5, 5.41) is 3.45. The molecule has 13 heavy (non-hydrogen) atoms. The molecule has 1 heterocycles. The van der Waals surface area contributed by atoms with Crippen LogP contribution in [0.15, 0.2) is 12.5 Å². The molecule has 1 atom stereocenters. The molecule has 1 N–H and O–H groups in total. The highest BCUT2D eigenvalue weighted by Gasteiger charge is 2.01. The number of aryl methyl sites for hydroxylation is 1. The van der Waals surface area contributed by atoms with Crippen LogP contribution in [0.5, 0.6) is 0 Å². The molecule has 1 rings (SSSR count). The fourth-order valence-electron chi connectivity index (χ4n) is 1.20. The van der Waals surface area contributed by atoms with Gasteiger partial charge in [0.1, 0.15) is 0 Å². The Balaban J connectivity index is 2.44. The van der Waals surface area contributed by atoms with E-state index in [1.807, 2.05) is 12.5 Å². The number of hydrogen-bond donors (Lipinski definition) is 1. The maximum absolute atomic E-state index is 4.12. The van der Waals surface area contributed by atoms with E-state index in [0.29, 0.717) is 6.04 Å². The quantitative estimate of drug-likeness (QED) is 0.750. The molecular formula is C10H19N3. The molecule has 1 unspecified atom stereocenters. The molecule has 0 bridgehead atoms. The van der Waals surface area contributed by atoms with E-state index in [9.17, 15) is 0 Å². The summed E-state index contributed by atoms with van der Waals surface area (Å²) in [6.07, 6.45) is 4.98. The summed E-state index contributed by atoms with van der Waals surface area (Å²) in [5.74, 6) is 0. The topological polar surface area (TPSA) is 29.9 Å². The molecule has 0 spiro atoms. The zero-order valence-corrected chi connectivity index (χ0v) is 8.75. The number of rotatable bonds is 5. The standard InChI is InChI=1S/C10H19N3/c1-4-9(3)12-7-10-6-11-8-13(10)5-2/h6,8-9,12H,4-5,7H2,1-3H3. The van der Waals surface area contributed by atoms with Gasteiger partial charge in [-0.2, -0.15) is 0 Å². The predicted molar refractivity (Wildman–Crippen MR) is 54.5 cm³/mol. The number of nitrogens with zero attached hydrogens (tertiary/aromatic N) is 2. The molecule has 3 nitrogen and oxygen atoms in total. The first-order valence-electron chi connectivity index (χ1n) is 5.00. The first kappa shape index (κ1) is 10.3. The summed E-state index contributed by atoms with van der Waals surface area (Å²) in [6, 6.07) is 0.584. The Labute approximate surface area is 80.2 Å². The van der Waals surface area contributed by atoms with Gasteiger partial charge in [0.2, 0.25) is 0 Å². The zero-order chi connectivity index (χ0) is 9.68. The van der Waals surface area contributed by atoms with E-state index in [0.717, 1.165) is 13.1 Å². The monoisotopic (exact) mass is 181 g/mol. The highest BCUT2D eigenvalue weighted by Crippen LogP contribution is 1.99. The summed E-state index contributed by atoms with van der Waals surface area (Å²) in [5.41, 5.74) is 1.27. The van der Waals surface area contributed by atoms with Gasteiger partial charge in [-0.25, -0.2) is 4.98 Å². The molecule has 0 radical (unpaired) electrons. The van der Waals surface area contributed by atoms with Crippen molar-refractivity contribution in [1.29, 1.82) is 0 Å². The zero-order valence-electron chi connectivity index (χ0n) is 8.75. The van der Waals surface area contributed by atoms with Crippen LogP contribution in [0, 0.1) is 0 Å².